The number of unbranched alkanes of at least 4 members (excludes halogenated alkanes) is 19. The number of phosphoric acid groups is 2. The average molecular weight is 1040 g/mol. The van der Waals surface area contributed by atoms with E-state index in [2.05, 4.69) is 42.2 Å². The fraction of sp³-hybridized carbons (Fsp3) is 0.837. The van der Waals surface area contributed by atoms with Crippen LogP contribution in [0.15, 0.2) is 29.2 Å². The van der Waals surface area contributed by atoms with Gasteiger partial charge in [0, 0.05) is 19.0 Å². The number of ether oxygens (including phenoxy) is 4. The molecule has 0 aliphatic carbocycles. The van der Waals surface area contributed by atoms with Crippen molar-refractivity contribution in [2.75, 3.05) is 25.6 Å². The van der Waals surface area contributed by atoms with Crippen molar-refractivity contribution in [1.29, 1.82) is 0 Å². The number of nitrogen functional groups attached to an aromatic ring is 1. The topological polar surface area (TPSA) is 278 Å². The monoisotopic (exact) mass is 1040 g/mol. The second-order valence-corrected chi connectivity index (χ2v) is 22.3. The zero-order valence-electron chi connectivity index (χ0n) is 42.2. The number of nitrogens with two attached hydrogens (primary N) is 1. The van der Waals surface area contributed by atoms with Crippen molar-refractivity contribution in [3.8, 4) is 0 Å². The molecule has 19 nitrogen and oxygen atoms in total. The number of esters is 2. The molecule has 3 rings (SSSR count). The lowest BCUT2D eigenvalue weighted by Gasteiger charge is -2.21. The molecule has 0 saturated carbocycles. The Morgan fingerprint density at radius 3 is 1.94 bits per heavy atom. The number of epoxide rings is 1. The van der Waals surface area contributed by atoms with Crippen LogP contribution in [0.2, 0.25) is 0 Å². The molecule has 70 heavy (non-hydrogen) atoms. The highest BCUT2D eigenvalue weighted by molar-refractivity contribution is 7.61. The van der Waals surface area contributed by atoms with Gasteiger partial charge >= 0.3 is 33.3 Å². The molecule has 21 heteroatoms. The molecule has 0 amide bonds. The second-order valence-electron chi connectivity index (χ2n) is 19.2. The minimum Gasteiger partial charge on any atom is -0.462 e. The van der Waals surface area contributed by atoms with Crippen LogP contribution in [0.25, 0.3) is 0 Å². The maximum absolute atomic E-state index is 12.9. The first-order valence-electron chi connectivity index (χ1n) is 26.2. The number of aliphatic hydroxyl groups is 2. The number of anilines is 1. The van der Waals surface area contributed by atoms with Crippen LogP contribution in [0, 0.1) is 5.92 Å². The lowest BCUT2D eigenvalue weighted by molar-refractivity contribution is -0.161. The number of nitrogens with zero attached hydrogens (tertiary/aromatic N) is 2. The van der Waals surface area contributed by atoms with E-state index in [4.69, 9.17) is 33.7 Å². The Hall–Kier alpha value is -2.54. The van der Waals surface area contributed by atoms with Gasteiger partial charge in [-0.3, -0.25) is 23.2 Å². The van der Waals surface area contributed by atoms with Crippen LogP contribution in [0.4, 0.5) is 5.82 Å². The van der Waals surface area contributed by atoms with Crippen molar-refractivity contribution in [1.82, 2.24) is 9.55 Å². The second kappa shape index (κ2) is 34.8. The highest BCUT2D eigenvalue weighted by Gasteiger charge is 2.46. The van der Waals surface area contributed by atoms with Crippen molar-refractivity contribution >= 4 is 33.4 Å². The summed E-state index contributed by atoms with van der Waals surface area (Å²) in [6, 6.07) is 1.25. The van der Waals surface area contributed by atoms with Crippen LogP contribution >= 0.6 is 15.6 Å². The Bertz CT molecular complexity index is 1800. The summed E-state index contributed by atoms with van der Waals surface area (Å²) in [6.07, 6.45) is 26.1. The van der Waals surface area contributed by atoms with E-state index in [1.807, 2.05) is 0 Å². The van der Waals surface area contributed by atoms with E-state index in [-0.39, 0.29) is 18.7 Å². The molecule has 404 valence electrons. The standard InChI is InChI=1S/C49H87N3O16P2/c1-4-5-23-29-40-41(66-40)30-25-20-16-13-14-18-22-27-32-45(54)65-39(35-62-44(53)31-26-21-17-12-10-8-6-7-9-11-15-19-24-28-38(2)3)36-63-69(58,59)68-70(60,61)64-37-42-46(55)47(56)48(67-42)52-34-33-43(50)51-49(52)57/h20,25,33-34,38-42,46-48,55-56H,4-19,21-24,26-32,35-37H2,1-3H3,(H,58,59)(H,60,61)(H2,50,51,57)/b25-20-/t39-,40?,41?,42-,46-,47-,48-/m1/s1. The SMILES string of the molecule is CCCCCC1OC1C/C=C\CCCCCCCC(=O)O[C@H](COC(=O)CCCCCCCCCCCCCCCC(C)C)COP(=O)(O)OP(=O)(O)OC[C@H]1O[C@@H](n2ccc(N)nc2=O)[C@H](O)[C@@H]1O. The summed E-state index contributed by atoms with van der Waals surface area (Å²) in [5.74, 6) is -0.520. The molecule has 1 aromatic rings. The van der Waals surface area contributed by atoms with Gasteiger partial charge in [0.2, 0.25) is 0 Å². The van der Waals surface area contributed by atoms with Gasteiger partial charge in [0.05, 0.1) is 25.4 Å². The third-order valence-electron chi connectivity index (χ3n) is 12.5. The summed E-state index contributed by atoms with van der Waals surface area (Å²) < 4.78 is 62.6. The molecule has 2 saturated heterocycles. The number of rotatable bonds is 42. The number of hydrogen-bond donors (Lipinski definition) is 5. The van der Waals surface area contributed by atoms with Crippen molar-refractivity contribution < 1.29 is 71.0 Å². The van der Waals surface area contributed by atoms with Gasteiger partial charge in [-0.15, -0.1) is 0 Å². The molecule has 1 aromatic heterocycles. The number of carbonyl (C=O) groups is 2. The Balaban J connectivity index is 1.38. The van der Waals surface area contributed by atoms with Crippen LogP contribution in [0.1, 0.15) is 200 Å². The van der Waals surface area contributed by atoms with Crippen LogP contribution in [0.5, 0.6) is 0 Å². The number of phosphoric ester groups is 2. The van der Waals surface area contributed by atoms with Crippen molar-refractivity contribution in [3.63, 3.8) is 0 Å². The third kappa shape index (κ3) is 27.5. The van der Waals surface area contributed by atoms with E-state index < -0.39 is 83.7 Å². The quantitative estimate of drug-likeness (QED) is 0.0134. The highest BCUT2D eigenvalue weighted by Crippen LogP contribution is 2.60. The molecule has 0 aromatic carbocycles. The molecule has 3 heterocycles. The maximum Gasteiger partial charge on any atom is 0.481 e. The van der Waals surface area contributed by atoms with Gasteiger partial charge in [-0.2, -0.15) is 9.29 Å². The Labute approximate surface area is 416 Å². The molecule has 2 aliphatic rings. The fourth-order valence-corrected chi connectivity index (χ4v) is 10.4. The average Bonchev–Trinajstić information content (AvgIpc) is 3.99. The van der Waals surface area contributed by atoms with Gasteiger partial charge in [-0.1, -0.05) is 155 Å². The number of allylic oxidation sites excluding steroid dienone is 1. The van der Waals surface area contributed by atoms with Gasteiger partial charge in [-0.05, 0) is 50.5 Å². The molecular formula is C49H87N3O16P2. The first kappa shape index (κ1) is 61.8. The normalized spacial score (nSPS) is 22.3. The summed E-state index contributed by atoms with van der Waals surface area (Å²) in [7, 11) is -10.8. The van der Waals surface area contributed by atoms with Crippen molar-refractivity contribution in [3.05, 3.63) is 34.9 Å². The molecule has 6 N–H and O–H groups in total. The maximum atomic E-state index is 12.9. The molecule has 2 aliphatic heterocycles. The molecular weight excluding hydrogens is 948 g/mol. The Kier molecular flexibility index (Phi) is 30.7. The number of aliphatic hydroxyl groups excluding tert-OH is 2. The van der Waals surface area contributed by atoms with E-state index in [9.17, 15) is 43.5 Å². The molecule has 0 radical (unpaired) electrons. The zero-order chi connectivity index (χ0) is 51.2. The zero-order valence-corrected chi connectivity index (χ0v) is 44.0. The van der Waals surface area contributed by atoms with Gasteiger partial charge < -0.3 is 44.7 Å². The summed E-state index contributed by atoms with van der Waals surface area (Å²) in [5, 5.41) is 20.9. The number of aromatic nitrogens is 2. The lowest BCUT2D eigenvalue weighted by Crippen LogP contribution is -2.36. The van der Waals surface area contributed by atoms with Crippen LogP contribution in [-0.4, -0.2) is 97.9 Å². The smallest absolute Gasteiger partial charge is 0.462 e. The molecule has 0 bridgehead atoms. The van der Waals surface area contributed by atoms with Gasteiger partial charge in [0.1, 0.15) is 30.7 Å². The third-order valence-corrected chi connectivity index (χ3v) is 15.1. The summed E-state index contributed by atoms with van der Waals surface area (Å²) in [4.78, 5) is 62.0. The van der Waals surface area contributed by atoms with Crippen LogP contribution < -0.4 is 11.4 Å². The predicted molar refractivity (Wildman–Crippen MR) is 265 cm³/mol. The minimum absolute atomic E-state index is 0.0326. The molecule has 0 spiro atoms. The van der Waals surface area contributed by atoms with E-state index in [1.165, 1.54) is 89.3 Å². The van der Waals surface area contributed by atoms with E-state index >= 15 is 0 Å². The van der Waals surface area contributed by atoms with Crippen LogP contribution in [0.3, 0.4) is 0 Å². The van der Waals surface area contributed by atoms with Crippen LogP contribution in [-0.2, 0) is 51.0 Å². The van der Waals surface area contributed by atoms with Gasteiger partial charge in [0.15, 0.2) is 12.3 Å². The highest BCUT2D eigenvalue weighted by atomic mass is 31.3. The van der Waals surface area contributed by atoms with E-state index in [1.54, 1.807) is 0 Å². The first-order chi connectivity index (χ1) is 33.5. The predicted octanol–water partition coefficient (Wildman–Crippen LogP) is 9.68. The Morgan fingerprint density at radius 1 is 0.743 bits per heavy atom. The van der Waals surface area contributed by atoms with Crippen molar-refractivity contribution in [2.45, 2.75) is 237 Å². The van der Waals surface area contributed by atoms with Crippen molar-refractivity contribution in [2.24, 2.45) is 5.92 Å². The molecule has 2 fully saturated rings. The van der Waals surface area contributed by atoms with Gasteiger partial charge in [0.25, 0.3) is 0 Å². The molecule has 4 unspecified atom stereocenters. The summed E-state index contributed by atoms with van der Waals surface area (Å²) in [6.45, 7) is 4.44. The summed E-state index contributed by atoms with van der Waals surface area (Å²) >= 11 is 0. The number of hydrogen-bond acceptors (Lipinski definition) is 16. The van der Waals surface area contributed by atoms with E-state index in [0.29, 0.717) is 25.0 Å². The summed E-state index contributed by atoms with van der Waals surface area (Å²) in [5.41, 5.74) is 4.59. The Morgan fingerprint density at radius 2 is 1.33 bits per heavy atom. The van der Waals surface area contributed by atoms with Gasteiger partial charge in [-0.25, -0.2) is 13.9 Å². The van der Waals surface area contributed by atoms with E-state index in [0.717, 1.165) is 81.1 Å². The number of carbonyl (C=O) groups excluding carboxylic acids is 2. The fourth-order valence-electron chi connectivity index (χ4n) is 8.27. The lowest BCUT2D eigenvalue weighted by atomic mass is 10.0. The minimum atomic E-state index is -5.43. The largest absolute Gasteiger partial charge is 0.481 e. The molecule has 9 atom stereocenters. The first-order valence-corrected chi connectivity index (χ1v) is 29.2.